The summed E-state index contributed by atoms with van der Waals surface area (Å²) in [5.41, 5.74) is 7.42. The summed E-state index contributed by atoms with van der Waals surface area (Å²) in [6, 6.07) is 0. The molecule has 5 heteroatoms. The Kier molecular flexibility index (Phi) is 3.26. The number of nitrogens with two attached hydrogens (primary N) is 1. The molecule has 0 bridgehead atoms. The van der Waals surface area contributed by atoms with Gasteiger partial charge >= 0.3 is 0 Å². The first-order valence-corrected chi connectivity index (χ1v) is 5.29. The number of hydrogen-bond acceptors (Lipinski definition) is 3. The third-order valence-corrected chi connectivity index (χ3v) is 2.26. The van der Waals surface area contributed by atoms with Crippen molar-refractivity contribution in [2.24, 2.45) is 12.5 Å². The average molecular weight is 224 g/mol. The number of nitrogens with one attached hydrogen (secondary N) is 1. The number of hydrogen-bond donors (Lipinski definition) is 2. The first-order valence-electron chi connectivity index (χ1n) is 5.29. The molecule has 0 radical (unpaired) electrons. The van der Waals surface area contributed by atoms with E-state index >= 15 is 0 Å². The van der Waals surface area contributed by atoms with E-state index in [9.17, 15) is 4.79 Å². The lowest BCUT2D eigenvalue weighted by Gasteiger charge is -2.18. The summed E-state index contributed by atoms with van der Waals surface area (Å²) in [6.45, 7) is 8.58. The standard InChI is InChI=1S/C11H20N4O/c1-7-8(12)9(15(5)14-7)10(16)13-6-11(2,3)4/h6,12H2,1-5H3,(H,13,16). The summed E-state index contributed by atoms with van der Waals surface area (Å²) >= 11 is 0. The topological polar surface area (TPSA) is 72.9 Å². The van der Waals surface area contributed by atoms with E-state index in [1.165, 1.54) is 4.68 Å². The van der Waals surface area contributed by atoms with Gasteiger partial charge in [0, 0.05) is 13.6 Å². The zero-order valence-electron chi connectivity index (χ0n) is 10.6. The fourth-order valence-electron chi connectivity index (χ4n) is 1.37. The number of anilines is 1. The summed E-state index contributed by atoms with van der Waals surface area (Å²) < 4.78 is 1.52. The molecule has 0 atom stereocenters. The number of nitrogen functional groups attached to an aromatic ring is 1. The predicted molar refractivity (Wildman–Crippen MR) is 64.1 cm³/mol. The minimum Gasteiger partial charge on any atom is -0.395 e. The maximum atomic E-state index is 11.9. The van der Waals surface area contributed by atoms with Crippen LogP contribution in [0, 0.1) is 12.3 Å². The number of carbonyl (C=O) groups is 1. The highest BCUT2D eigenvalue weighted by atomic mass is 16.2. The van der Waals surface area contributed by atoms with Crippen LogP contribution in [0.25, 0.3) is 0 Å². The molecule has 0 unspecified atom stereocenters. The van der Waals surface area contributed by atoms with E-state index in [4.69, 9.17) is 5.73 Å². The molecule has 0 saturated carbocycles. The molecule has 0 spiro atoms. The van der Waals surface area contributed by atoms with Crippen molar-refractivity contribution in [3.63, 3.8) is 0 Å². The van der Waals surface area contributed by atoms with Gasteiger partial charge in [-0.05, 0) is 12.3 Å². The summed E-state index contributed by atoms with van der Waals surface area (Å²) in [6.07, 6.45) is 0. The molecule has 1 aromatic heterocycles. The first kappa shape index (κ1) is 12.5. The van der Waals surface area contributed by atoms with E-state index in [0.717, 1.165) is 0 Å². The Morgan fingerprint density at radius 3 is 2.44 bits per heavy atom. The largest absolute Gasteiger partial charge is 0.395 e. The van der Waals surface area contributed by atoms with Gasteiger partial charge in [0.15, 0.2) is 0 Å². The number of rotatable bonds is 2. The number of carbonyl (C=O) groups excluding carboxylic acids is 1. The van der Waals surface area contributed by atoms with Crippen LogP contribution in [0.1, 0.15) is 37.0 Å². The maximum absolute atomic E-state index is 11.9. The lowest BCUT2D eigenvalue weighted by Crippen LogP contribution is -2.33. The number of amides is 1. The fourth-order valence-corrected chi connectivity index (χ4v) is 1.37. The highest BCUT2D eigenvalue weighted by Gasteiger charge is 2.19. The monoisotopic (exact) mass is 224 g/mol. The fraction of sp³-hybridized carbons (Fsp3) is 0.636. The molecule has 1 amide bonds. The van der Waals surface area contributed by atoms with Crippen molar-refractivity contribution >= 4 is 11.6 Å². The molecule has 0 aliphatic carbocycles. The van der Waals surface area contributed by atoms with Crippen LogP contribution < -0.4 is 11.1 Å². The summed E-state index contributed by atoms with van der Waals surface area (Å²) in [5, 5.41) is 6.96. The lowest BCUT2D eigenvalue weighted by atomic mass is 9.97. The molecule has 1 heterocycles. The highest BCUT2D eigenvalue weighted by Crippen LogP contribution is 2.16. The summed E-state index contributed by atoms with van der Waals surface area (Å²) in [5.74, 6) is -0.171. The Labute approximate surface area is 96.0 Å². The third kappa shape index (κ3) is 2.74. The zero-order chi connectivity index (χ0) is 12.5. The molecule has 5 nitrogen and oxygen atoms in total. The molecule has 16 heavy (non-hydrogen) atoms. The molecular weight excluding hydrogens is 204 g/mol. The molecule has 1 rings (SSSR count). The van der Waals surface area contributed by atoms with Gasteiger partial charge < -0.3 is 11.1 Å². The van der Waals surface area contributed by atoms with Gasteiger partial charge in [0.25, 0.3) is 5.91 Å². The highest BCUT2D eigenvalue weighted by molar-refractivity contribution is 5.97. The van der Waals surface area contributed by atoms with E-state index in [0.29, 0.717) is 23.6 Å². The van der Waals surface area contributed by atoms with E-state index in [-0.39, 0.29) is 11.3 Å². The van der Waals surface area contributed by atoms with Gasteiger partial charge in [-0.2, -0.15) is 5.10 Å². The van der Waals surface area contributed by atoms with Crippen molar-refractivity contribution in [1.82, 2.24) is 15.1 Å². The van der Waals surface area contributed by atoms with Gasteiger partial charge in [-0.25, -0.2) is 0 Å². The van der Waals surface area contributed by atoms with Gasteiger partial charge in [-0.1, -0.05) is 20.8 Å². The van der Waals surface area contributed by atoms with Gasteiger partial charge in [0.2, 0.25) is 0 Å². The smallest absolute Gasteiger partial charge is 0.271 e. The van der Waals surface area contributed by atoms with Gasteiger partial charge in [-0.15, -0.1) is 0 Å². The molecular formula is C11H20N4O. The molecule has 0 aliphatic heterocycles. The Balaban J connectivity index is 2.81. The maximum Gasteiger partial charge on any atom is 0.271 e. The normalized spacial score (nSPS) is 11.6. The molecule has 1 aromatic rings. The van der Waals surface area contributed by atoms with Crippen molar-refractivity contribution in [2.75, 3.05) is 12.3 Å². The lowest BCUT2D eigenvalue weighted by molar-refractivity contribution is 0.0931. The van der Waals surface area contributed by atoms with Gasteiger partial charge in [0.05, 0.1) is 11.4 Å². The Morgan fingerprint density at radius 2 is 2.06 bits per heavy atom. The second-order valence-electron chi connectivity index (χ2n) is 5.21. The first-order chi connectivity index (χ1) is 7.22. The second-order valence-corrected chi connectivity index (χ2v) is 5.21. The van der Waals surface area contributed by atoms with Crippen molar-refractivity contribution < 1.29 is 4.79 Å². The molecule has 0 fully saturated rings. The minimum atomic E-state index is -0.171. The molecule has 3 N–H and O–H groups in total. The molecule has 0 aromatic carbocycles. The molecule has 90 valence electrons. The molecule has 0 saturated heterocycles. The van der Waals surface area contributed by atoms with Crippen molar-refractivity contribution in [1.29, 1.82) is 0 Å². The van der Waals surface area contributed by atoms with Crippen molar-refractivity contribution in [3.05, 3.63) is 11.4 Å². The SMILES string of the molecule is Cc1nn(C)c(C(=O)NCC(C)(C)C)c1N. The van der Waals surface area contributed by atoms with Crippen LogP contribution in [0.2, 0.25) is 0 Å². The van der Waals surface area contributed by atoms with Crippen LogP contribution >= 0.6 is 0 Å². The molecule has 0 aliphatic rings. The van der Waals surface area contributed by atoms with E-state index in [2.05, 4.69) is 31.2 Å². The van der Waals surface area contributed by atoms with Crippen molar-refractivity contribution in [2.45, 2.75) is 27.7 Å². The van der Waals surface area contributed by atoms with E-state index in [1.54, 1.807) is 14.0 Å². The average Bonchev–Trinajstić information content (AvgIpc) is 2.36. The summed E-state index contributed by atoms with van der Waals surface area (Å²) in [4.78, 5) is 11.9. The van der Waals surface area contributed by atoms with Crippen LogP contribution in [-0.2, 0) is 7.05 Å². The van der Waals surface area contributed by atoms with E-state index < -0.39 is 0 Å². The Bertz CT molecular complexity index is 401. The quantitative estimate of drug-likeness (QED) is 0.789. The van der Waals surface area contributed by atoms with Crippen LogP contribution in [-0.4, -0.2) is 22.2 Å². The third-order valence-electron chi connectivity index (χ3n) is 2.26. The van der Waals surface area contributed by atoms with Crippen LogP contribution in [0.5, 0.6) is 0 Å². The number of aryl methyl sites for hydroxylation is 2. The summed E-state index contributed by atoms with van der Waals surface area (Å²) in [7, 11) is 1.72. The van der Waals surface area contributed by atoms with Gasteiger partial charge in [-0.3, -0.25) is 9.48 Å². The van der Waals surface area contributed by atoms with Crippen LogP contribution in [0.4, 0.5) is 5.69 Å². The second kappa shape index (κ2) is 4.15. The predicted octanol–water partition coefficient (Wildman–Crippen LogP) is 1.09. The van der Waals surface area contributed by atoms with Gasteiger partial charge in [0.1, 0.15) is 5.69 Å². The number of nitrogens with zero attached hydrogens (tertiary/aromatic N) is 2. The van der Waals surface area contributed by atoms with E-state index in [1.807, 2.05) is 0 Å². The van der Waals surface area contributed by atoms with Crippen LogP contribution in [0.15, 0.2) is 0 Å². The van der Waals surface area contributed by atoms with Crippen molar-refractivity contribution in [3.8, 4) is 0 Å². The Hall–Kier alpha value is -1.52. The zero-order valence-corrected chi connectivity index (χ0v) is 10.6. The minimum absolute atomic E-state index is 0.0536. The Morgan fingerprint density at radius 1 is 1.50 bits per heavy atom. The number of aromatic nitrogens is 2. The van der Waals surface area contributed by atoms with Crippen LogP contribution in [0.3, 0.4) is 0 Å².